The third-order valence-electron chi connectivity index (χ3n) is 5.46. The van der Waals surface area contributed by atoms with E-state index in [2.05, 4.69) is 25.6 Å². The smallest absolute Gasteiger partial charge is 0.337 e. The van der Waals surface area contributed by atoms with Crippen LogP contribution in [0.5, 0.6) is 0 Å². The van der Waals surface area contributed by atoms with Crippen LogP contribution >= 0.6 is 0 Å². The summed E-state index contributed by atoms with van der Waals surface area (Å²) in [4.78, 5) is 34.7. The number of hydrogen-bond acceptors (Lipinski definition) is 10. The number of nitro benzene ring substituents is 1. The number of hydrogen-bond donors (Lipinski definition) is 3. The summed E-state index contributed by atoms with van der Waals surface area (Å²) in [5.74, 6) is -0.601. The molecule has 3 rings (SSSR count). The zero-order valence-electron chi connectivity index (χ0n) is 20.9. The molecule has 0 spiro atoms. The van der Waals surface area contributed by atoms with Gasteiger partial charge in [-0.05, 0) is 66.0 Å². The van der Waals surface area contributed by atoms with Crippen molar-refractivity contribution in [3.63, 3.8) is 0 Å². The second-order valence-electron chi connectivity index (χ2n) is 8.15. The lowest BCUT2D eigenvalue weighted by Crippen LogP contribution is -2.11. The minimum Gasteiger partial charge on any atom is -0.462 e. The molecule has 0 saturated carbocycles. The van der Waals surface area contributed by atoms with Gasteiger partial charge < -0.3 is 20.5 Å². The summed E-state index contributed by atoms with van der Waals surface area (Å²) in [6, 6.07) is 10.1. The standard InChI is InChI=1S/C26H29N5O7/c1-2-37-26(34)19(15-17-32)10-7-18-8-11-20(12-9-18)28-23(33)6-4-3-5-16-27-21-13-14-22(31(35)36)25-24(21)29-38-30-25/h7-15,27,32H,2-6,16-17H2,1H3,(H,28,33)/b10-7+,19-15+. The van der Waals surface area contributed by atoms with E-state index in [4.69, 9.17) is 9.84 Å². The number of carbonyl (C=O) groups excluding carboxylic acids is 2. The fourth-order valence-electron chi connectivity index (χ4n) is 3.57. The van der Waals surface area contributed by atoms with Gasteiger partial charge in [0.15, 0.2) is 5.52 Å². The highest BCUT2D eigenvalue weighted by molar-refractivity contribution is 5.94. The Kier molecular flexibility index (Phi) is 10.5. The number of anilines is 2. The molecule has 0 unspecified atom stereocenters. The van der Waals surface area contributed by atoms with Crippen molar-refractivity contribution in [3.05, 3.63) is 69.8 Å². The van der Waals surface area contributed by atoms with Crippen molar-refractivity contribution < 1.29 is 29.0 Å². The maximum Gasteiger partial charge on any atom is 0.337 e. The Morgan fingerprint density at radius 3 is 2.58 bits per heavy atom. The van der Waals surface area contributed by atoms with Crippen LogP contribution in [0.15, 0.2) is 58.8 Å². The van der Waals surface area contributed by atoms with Crippen LogP contribution in [-0.4, -0.2) is 52.0 Å². The van der Waals surface area contributed by atoms with E-state index in [9.17, 15) is 19.7 Å². The number of nitrogens with zero attached hydrogens (tertiary/aromatic N) is 3. The second-order valence-corrected chi connectivity index (χ2v) is 8.15. The van der Waals surface area contributed by atoms with E-state index in [-0.39, 0.29) is 35.9 Å². The highest BCUT2D eigenvalue weighted by Crippen LogP contribution is 2.28. The number of aliphatic hydroxyl groups is 1. The van der Waals surface area contributed by atoms with E-state index in [1.807, 2.05) is 0 Å². The summed E-state index contributed by atoms with van der Waals surface area (Å²) in [5.41, 5.74) is 2.58. The summed E-state index contributed by atoms with van der Waals surface area (Å²) in [5, 5.41) is 33.5. The number of benzene rings is 2. The normalized spacial score (nSPS) is 11.6. The predicted octanol–water partition coefficient (Wildman–Crippen LogP) is 4.24. The molecule has 12 heteroatoms. The molecule has 1 heterocycles. The maximum absolute atomic E-state index is 12.3. The molecule has 0 aliphatic heterocycles. The third-order valence-corrected chi connectivity index (χ3v) is 5.46. The van der Waals surface area contributed by atoms with Crippen molar-refractivity contribution in [3.8, 4) is 0 Å². The van der Waals surface area contributed by atoms with Gasteiger partial charge in [0.1, 0.15) is 0 Å². The SMILES string of the molecule is CCOC(=O)C(/C=C/c1ccc(NC(=O)CCCCCNc2ccc([N+](=O)[O-])c3nonc23)cc1)=C/CO. The predicted molar refractivity (Wildman–Crippen MR) is 141 cm³/mol. The Labute approximate surface area is 218 Å². The molecule has 2 aromatic carbocycles. The van der Waals surface area contributed by atoms with Gasteiger partial charge in [0.05, 0.1) is 29.4 Å². The Balaban J connectivity index is 1.38. The molecule has 1 aromatic heterocycles. The number of amides is 1. The Morgan fingerprint density at radius 2 is 1.87 bits per heavy atom. The molecule has 3 aromatic rings. The number of carbonyl (C=O) groups is 2. The molecular formula is C26H29N5O7. The fraction of sp³-hybridized carbons (Fsp3) is 0.308. The summed E-state index contributed by atoms with van der Waals surface area (Å²) in [6.07, 6.45) is 7.33. The van der Waals surface area contributed by atoms with Gasteiger partial charge in [-0.15, -0.1) is 0 Å². The molecule has 0 bridgehead atoms. The van der Waals surface area contributed by atoms with Crippen molar-refractivity contribution in [2.45, 2.75) is 32.6 Å². The quantitative estimate of drug-likeness (QED) is 0.0693. The molecule has 200 valence electrons. The first-order valence-electron chi connectivity index (χ1n) is 12.1. The number of non-ortho nitro benzene ring substituents is 1. The zero-order valence-corrected chi connectivity index (χ0v) is 20.9. The van der Waals surface area contributed by atoms with Crippen LogP contribution in [0.4, 0.5) is 17.1 Å². The largest absolute Gasteiger partial charge is 0.462 e. The average Bonchev–Trinajstić information content (AvgIpc) is 3.39. The van der Waals surface area contributed by atoms with Crippen molar-refractivity contribution in [2.75, 3.05) is 30.4 Å². The number of nitrogens with one attached hydrogen (secondary N) is 2. The molecule has 12 nitrogen and oxygen atoms in total. The molecule has 0 saturated heterocycles. The van der Waals surface area contributed by atoms with Crippen LogP contribution in [0.2, 0.25) is 0 Å². The molecule has 0 atom stereocenters. The van der Waals surface area contributed by atoms with Crippen LogP contribution < -0.4 is 10.6 Å². The van der Waals surface area contributed by atoms with Gasteiger partial charge in [0.25, 0.3) is 0 Å². The molecule has 0 aliphatic carbocycles. The van der Waals surface area contributed by atoms with Crippen molar-refractivity contribution in [1.82, 2.24) is 10.3 Å². The number of aromatic nitrogens is 2. The van der Waals surface area contributed by atoms with Gasteiger partial charge >= 0.3 is 11.7 Å². The molecule has 0 radical (unpaired) electrons. The van der Waals surface area contributed by atoms with E-state index in [1.54, 1.807) is 49.4 Å². The summed E-state index contributed by atoms with van der Waals surface area (Å²) >= 11 is 0. The van der Waals surface area contributed by atoms with Gasteiger partial charge in [-0.2, -0.15) is 0 Å². The number of ether oxygens (including phenoxy) is 1. The summed E-state index contributed by atoms with van der Waals surface area (Å²) < 4.78 is 9.61. The first kappa shape index (κ1) is 28.0. The first-order chi connectivity index (χ1) is 18.4. The number of nitro groups is 1. The first-order valence-corrected chi connectivity index (χ1v) is 12.1. The van der Waals surface area contributed by atoms with E-state index in [0.717, 1.165) is 18.4 Å². The van der Waals surface area contributed by atoms with Gasteiger partial charge in [0.2, 0.25) is 11.4 Å². The molecule has 0 fully saturated rings. The minimum absolute atomic E-state index is 0.0949. The molecule has 38 heavy (non-hydrogen) atoms. The third kappa shape index (κ3) is 7.96. The van der Waals surface area contributed by atoms with E-state index in [1.165, 1.54) is 12.1 Å². The monoisotopic (exact) mass is 523 g/mol. The lowest BCUT2D eigenvalue weighted by molar-refractivity contribution is -0.383. The summed E-state index contributed by atoms with van der Waals surface area (Å²) in [7, 11) is 0. The van der Waals surface area contributed by atoms with E-state index < -0.39 is 10.9 Å². The molecule has 3 N–H and O–H groups in total. The van der Waals surface area contributed by atoms with Gasteiger partial charge in [-0.3, -0.25) is 14.9 Å². The molecule has 0 aliphatic rings. The topological polar surface area (TPSA) is 170 Å². The minimum atomic E-state index is -0.533. The molecule has 1 amide bonds. The van der Waals surface area contributed by atoms with Crippen LogP contribution in [-0.2, 0) is 14.3 Å². The molecular weight excluding hydrogens is 494 g/mol. The number of esters is 1. The number of fused-ring (bicyclic) bond motifs is 1. The van der Waals surface area contributed by atoms with Gasteiger partial charge in [-0.25, -0.2) is 9.42 Å². The lowest BCUT2D eigenvalue weighted by Gasteiger charge is -2.07. The highest BCUT2D eigenvalue weighted by atomic mass is 16.6. The van der Waals surface area contributed by atoms with Crippen LogP contribution in [0, 0.1) is 10.1 Å². The van der Waals surface area contributed by atoms with Crippen LogP contribution in [0.1, 0.15) is 38.2 Å². The number of rotatable bonds is 14. The maximum atomic E-state index is 12.3. The van der Waals surface area contributed by atoms with Crippen LogP contribution in [0.3, 0.4) is 0 Å². The van der Waals surface area contributed by atoms with Crippen LogP contribution in [0.25, 0.3) is 17.1 Å². The Bertz CT molecular complexity index is 1320. The van der Waals surface area contributed by atoms with Crippen molar-refractivity contribution in [1.29, 1.82) is 0 Å². The van der Waals surface area contributed by atoms with Gasteiger partial charge in [-0.1, -0.05) is 24.6 Å². The van der Waals surface area contributed by atoms with E-state index >= 15 is 0 Å². The average molecular weight is 524 g/mol. The van der Waals surface area contributed by atoms with E-state index in [0.29, 0.717) is 36.3 Å². The highest BCUT2D eigenvalue weighted by Gasteiger charge is 2.19. The Morgan fingerprint density at radius 1 is 1.11 bits per heavy atom. The summed E-state index contributed by atoms with van der Waals surface area (Å²) in [6.45, 7) is 2.28. The zero-order chi connectivity index (χ0) is 27.3. The number of unbranched alkanes of at least 4 members (excludes halogenated alkanes) is 2. The van der Waals surface area contributed by atoms with Crippen molar-refractivity contribution in [2.24, 2.45) is 0 Å². The number of aliphatic hydroxyl groups excluding tert-OH is 1. The Hall–Kier alpha value is -4.58. The lowest BCUT2D eigenvalue weighted by atomic mass is 10.1. The van der Waals surface area contributed by atoms with Gasteiger partial charge in [0, 0.05) is 24.7 Å². The van der Waals surface area contributed by atoms with Crippen molar-refractivity contribution >= 4 is 46.0 Å². The second kappa shape index (κ2) is 14.2. The fourth-order valence-corrected chi connectivity index (χ4v) is 3.57.